The number of rotatable bonds is 3. The molecule has 174 valence electrons. The van der Waals surface area contributed by atoms with Crippen LogP contribution >= 0.6 is 11.6 Å². The van der Waals surface area contributed by atoms with Crippen LogP contribution in [0.2, 0.25) is 5.02 Å². The zero-order valence-electron chi connectivity index (χ0n) is 18.0. The number of nitrogens with one attached hydrogen (secondary N) is 1. The number of benzene rings is 2. The third-order valence-electron chi connectivity index (χ3n) is 7.59. The van der Waals surface area contributed by atoms with E-state index < -0.39 is 34.1 Å². The number of carbonyl (C=O) groups excluding carboxylic acids is 3. The second-order valence-electron chi connectivity index (χ2n) is 8.91. The molecule has 4 aliphatic heterocycles. The summed E-state index contributed by atoms with van der Waals surface area (Å²) in [6.07, 6.45) is 1.44. The maximum Gasteiger partial charge on any atom is 0.271 e. The average molecular weight is 483 g/mol. The highest BCUT2D eigenvalue weighted by Crippen LogP contribution is 2.61. The molecular weight excluding hydrogens is 464 g/mol. The minimum atomic E-state index is -1.37. The second-order valence-corrected chi connectivity index (χ2v) is 9.32. The largest absolute Gasteiger partial charge is 0.495 e. The summed E-state index contributed by atoms with van der Waals surface area (Å²) >= 11 is 6.38. The predicted molar refractivity (Wildman–Crippen MR) is 121 cm³/mol. The summed E-state index contributed by atoms with van der Waals surface area (Å²) in [4.78, 5) is 55.2. The molecule has 0 aromatic heterocycles. The molecule has 3 fully saturated rings. The highest BCUT2D eigenvalue weighted by Gasteiger charge is 2.75. The lowest BCUT2D eigenvalue weighted by atomic mass is 9.75. The number of non-ortho nitro benzene ring substituents is 1. The summed E-state index contributed by atoms with van der Waals surface area (Å²) in [5, 5.41) is 14.6. The van der Waals surface area contributed by atoms with Gasteiger partial charge in [0.15, 0.2) is 0 Å². The monoisotopic (exact) mass is 482 g/mol. The van der Waals surface area contributed by atoms with E-state index in [1.165, 1.54) is 19.2 Å². The van der Waals surface area contributed by atoms with Crippen molar-refractivity contribution in [2.75, 3.05) is 23.9 Å². The number of ether oxygens (including phenoxy) is 1. The molecule has 10 nitrogen and oxygen atoms in total. The van der Waals surface area contributed by atoms with Crippen LogP contribution in [0.4, 0.5) is 17.1 Å². The Kier molecular flexibility index (Phi) is 4.34. The van der Waals surface area contributed by atoms with Crippen molar-refractivity contribution in [1.82, 2.24) is 4.90 Å². The minimum absolute atomic E-state index is 0.00511. The number of imide groups is 1. The SMILES string of the molecule is COc1ccc([N+](=O)[O-])cc1N1C(=O)[C@@H]2[C@@H](C1=O)[C@]1(C(=O)Nc3c(Cl)cccc31)N1CCC[C@@H]21. The van der Waals surface area contributed by atoms with Crippen molar-refractivity contribution < 1.29 is 24.0 Å². The van der Waals surface area contributed by atoms with Crippen LogP contribution in [0.3, 0.4) is 0 Å². The molecule has 1 N–H and O–H groups in total. The van der Waals surface area contributed by atoms with Gasteiger partial charge in [-0.3, -0.25) is 29.4 Å². The smallest absolute Gasteiger partial charge is 0.271 e. The van der Waals surface area contributed by atoms with Gasteiger partial charge in [0, 0.05) is 23.7 Å². The van der Waals surface area contributed by atoms with Crippen LogP contribution in [0.25, 0.3) is 0 Å². The quantitative estimate of drug-likeness (QED) is 0.405. The van der Waals surface area contributed by atoms with Gasteiger partial charge in [-0.25, -0.2) is 4.90 Å². The topological polar surface area (TPSA) is 122 Å². The Morgan fingerprint density at radius 1 is 1.21 bits per heavy atom. The van der Waals surface area contributed by atoms with Crippen LogP contribution in [-0.4, -0.2) is 47.2 Å². The number of halogens is 1. The van der Waals surface area contributed by atoms with E-state index in [-0.39, 0.29) is 29.1 Å². The number of carbonyl (C=O) groups is 3. The first kappa shape index (κ1) is 21.1. The van der Waals surface area contributed by atoms with E-state index in [2.05, 4.69) is 5.32 Å². The van der Waals surface area contributed by atoms with Crippen molar-refractivity contribution in [2.45, 2.75) is 24.4 Å². The zero-order chi connectivity index (χ0) is 23.9. The van der Waals surface area contributed by atoms with Crippen LogP contribution in [0.1, 0.15) is 18.4 Å². The number of hydrogen-bond acceptors (Lipinski definition) is 7. The summed E-state index contributed by atoms with van der Waals surface area (Å²) in [5.41, 5.74) is -0.612. The number of nitro groups is 1. The Bertz CT molecular complexity index is 1310. The minimum Gasteiger partial charge on any atom is -0.495 e. The fraction of sp³-hybridized carbons (Fsp3) is 0.348. The summed E-state index contributed by atoms with van der Waals surface area (Å²) < 4.78 is 5.33. The van der Waals surface area contributed by atoms with Crippen LogP contribution in [-0.2, 0) is 19.9 Å². The first-order valence-corrected chi connectivity index (χ1v) is 11.3. The van der Waals surface area contributed by atoms with Crippen molar-refractivity contribution in [3.05, 3.63) is 57.1 Å². The normalized spacial score (nSPS) is 29.4. The second kappa shape index (κ2) is 7.00. The zero-order valence-corrected chi connectivity index (χ0v) is 18.7. The number of fused-ring (bicyclic) bond motifs is 7. The molecule has 6 rings (SSSR count). The number of methoxy groups -OCH3 is 1. The predicted octanol–water partition coefficient (Wildman–Crippen LogP) is 2.69. The molecule has 0 aliphatic carbocycles. The molecule has 0 unspecified atom stereocenters. The molecule has 11 heteroatoms. The van der Waals surface area contributed by atoms with Crippen molar-refractivity contribution in [2.24, 2.45) is 11.8 Å². The maximum atomic E-state index is 14.0. The van der Waals surface area contributed by atoms with E-state index in [1.54, 1.807) is 18.2 Å². The summed E-state index contributed by atoms with van der Waals surface area (Å²) in [6, 6.07) is 8.61. The molecule has 4 atom stereocenters. The number of hydrogen-bond donors (Lipinski definition) is 1. The highest BCUT2D eigenvalue weighted by atomic mass is 35.5. The third kappa shape index (κ3) is 2.36. The van der Waals surface area contributed by atoms with E-state index >= 15 is 0 Å². The molecule has 1 spiro atoms. The Labute approximate surface area is 198 Å². The molecule has 0 saturated carbocycles. The molecule has 0 bridgehead atoms. The van der Waals surface area contributed by atoms with Gasteiger partial charge >= 0.3 is 0 Å². The number of nitro benzene ring substituents is 1. The van der Waals surface area contributed by atoms with E-state index in [9.17, 15) is 24.5 Å². The van der Waals surface area contributed by atoms with Crippen molar-refractivity contribution in [1.29, 1.82) is 0 Å². The van der Waals surface area contributed by atoms with E-state index in [0.29, 0.717) is 29.2 Å². The molecule has 0 radical (unpaired) electrons. The number of anilines is 2. The number of amides is 3. The molecule has 2 aromatic rings. The summed E-state index contributed by atoms with van der Waals surface area (Å²) in [6.45, 7) is 0.567. The van der Waals surface area contributed by atoms with Gasteiger partial charge in [-0.2, -0.15) is 0 Å². The van der Waals surface area contributed by atoms with Gasteiger partial charge in [0.1, 0.15) is 17.0 Å². The molecule has 34 heavy (non-hydrogen) atoms. The molecule has 4 heterocycles. The van der Waals surface area contributed by atoms with Gasteiger partial charge in [0.05, 0.1) is 34.6 Å². The van der Waals surface area contributed by atoms with Crippen LogP contribution in [0, 0.1) is 22.0 Å². The Morgan fingerprint density at radius 2 is 2.00 bits per heavy atom. The van der Waals surface area contributed by atoms with Gasteiger partial charge in [-0.15, -0.1) is 0 Å². The molecule has 2 aromatic carbocycles. The van der Waals surface area contributed by atoms with E-state index in [1.807, 2.05) is 4.90 Å². The summed E-state index contributed by atoms with van der Waals surface area (Å²) in [7, 11) is 1.36. The Hall–Kier alpha value is -3.50. The lowest BCUT2D eigenvalue weighted by molar-refractivity contribution is -0.384. The van der Waals surface area contributed by atoms with Crippen LogP contribution < -0.4 is 15.0 Å². The Balaban J connectivity index is 1.56. The Morgan fingerprint density at radius 3 is 2.74 bits per heavy atom. The van der Waals surface area contributed by atoms with Gasteiger partial charge in [0.2, 0.25) is 11.8 Å². The van der Waals surface area contributed by atoms with Crippen molar-refractivity contribution in [3.8, 4) is 5.75 Å². The number of nitrogens with zero attached hydrogens (tertiary/aromatic N) is 3. The fourth-order valence-corrected chi connectivity index (χ4v) is 6.62. The van der Waals surface area contributed by atoms with Crippen molar-refractivity contribution >= 4 is 46.4 Å². The van der Waals surface area contributed by atoms with Crippen molar-refractivity contribution in [3.63, 3.8) is 0 Å². The lowest BCUT2D eigenvalue weighted by Gasteiger charge is -2.36. The van der Waals surface area contributed by atoms with E-state index in [4.69, 9.17) is 16.3 Å². The van der Waals surface area contributed by atoms with Gasteiger partial charge < -0.3 is 10.1 Å². The highest BCUT2D eigenvalue weighted by molar-refractivity contribution is 6.35. The lowest BCUT2D eigenvalue weighted by Crippen LogP contribution is -2.54. The number of para-hydroxylation sites is 1. The first-order chi connectivity index (χ1) is 16.3. The van der Waals surface area contributed by atoms with Gasteiger partial charge in [0.25, 0.3) is 11.6 Å². The summed E-state index contributed by atoms with van der Waals surface area (Å²) in [5.74, 6) is -3.05. The fourth-order valence-electron chi connectivity index (χ4n) is 6.40. The maximum absolute atomic E-state index is 14.0. The van der Waals surface area contributed by atoms with Gasteiger partial charge in [-0.05, 0) is 31.5 Å². The van der Waals surface area contributed by atoms with Gasteiger partial charge in [-0.1, -0.05) is 23.7 Å². The van der Waals surface area contributed by atoms with Crippen LogP contribution in [0.5, 0.6) is 5.75 Å². The average Bonchev–Trinajstić information content (AvgIpc) is 3.52. The van der Waals surface area contributed by atoms with E-state index in [0.717, 1.165) is 17.4 Å². The van der Waals surface area contributed by atoms with Crippen LogP contribution in [0.15, 0.2) is 36.4 Å². The molecule has 4 aliphatic rings. The molecule has 3 saturated heterocycles. The standard InChI is InChI=1S/C23H19ClN4O6/c1-34-16-8-7-11(28(32)33)10-15(16)27-20(29)17-14-6-3-9-26(14)23(18(17)21(27)30)12-4-2-5-13(24)19(12)25-22(23)31/h2,4-5,7-8,10,14,17-18H,3,6,9H2,1H3,(H,25,31)/t14-,17-,18-,23+/m0/s1. The third-order valence-corrected chi connectivity index (χ3v) is 7.91. The molecular formula is C23H19ClN4O6. The molecule has 3 amide bonds. The first-order valence-electron chi connectivity index (χ1n) is 10.9.